The minimum absolute atomic E-state index is 0.621. The molecule has 0 aliphatic rings. The first kappa shape index (κ1) is 23.8. The van der Waals surface area contributed by atoms with Gasteiger partial charge < -0.3 is 9.13 Å². The molecule has 0 amide bonds. The first-order valence-electron chi connectivity index (χ1n) is 13.8. The Morgan fingerprint density at radius 2 is 1.12 bits per heavy atom. The maximum absolute atomic E-state index is 7.85. The average Bonchev–Trinajstić information content (AvgIpc) is 3.57. The van der Waals surface area contributed by atoms with Gasteiger partial charge in [-0.05, 0) is 42.0 Å². The summed E-state index contributed by atoms with van der Waals surface area (Å²) < 4.78 is 4.53. The predicted octanol–water partition coefficient (Wildman–Crippen LogP) is 10.6. The van der Waals surface area contributed by atoms with Crippen molar-refractivity contribution in [2.45, 2.75) is 0 Å². The summed E-state index contributed by atoms with van der Waals surface area (Å²) in [4.78, 5) is 7.45. The van der Waals surface area contributed by atoms with E-state index in [1.54, 1.807) is 0 Å². The van der Waals surface area contributed by atoms with E-state index in [0.717, 1.165) is 55.3 Å². The van der Waals surface area contributed by atoms with Crippen molar-refractivity contribution in [1.29, 1.82) is 0 Å². The fourth-order valence-corrected chi connectivity index (χ4v) is 6.34. The Bertz CT molecular complexity index is 2430. The van der Waals surface area contributed by atoms with Crippen LogP contribution in [0.25, 0.3) is 75.8 Å². The number of benzene rings is 6. The van der Waals surface area contributed by atoms with Gasteiger partial charge in [0.15, 0.2) is 5.69 Å². The normalized spacial score (nSPS) is 11.3. The molecule has 0 N–H and O–H groups in total. The third-order valence-corrected chi connectivity index (χ3v) is 8.16. The number of fused-ring (bicyclic) bond motifs is 6. The zero-order chi connectivity index (χ0) is 28.2. The van der Waals surface area contributed by atoms with Crippen LogP contribution in [0.2, 0.25) is 0 Å². The highest BCUT2D eigenvalue weighted by molar-refractivity contribution is 6.15. The van der Waals surface area contributed by atoms with Crippen molar-refractivity contribution in [1.82, 2.24) is 9.13 Å². The lowest BCUT2D eigenvalue weighted by Gasteiger charge is -2.13. The van der Waals surface area contributed by atoms with E-state index in [4.69, 9.17) is 13.1 Å². The van der Waals surface area contributed by atoms with Crippen molar-refractivity contribution in [3.63, 3.8) is 0 Å². The summed E-state index contributed by atoms with van der Waals surface area (Å²) in [6.45, 7) is 15.3. The minimum atomic E-state index is 0.621. The van der Waals surface area contributed by atoms with Crippen LogP contribution >= 0.6 is 0 Å². The van der Waals surface area contributed by atoms with Gasteiger partial charge in [-0.25, -0.2) is 9.69 Å². The number of rotatable bonds is 3. The molecule has 2 heterocycles. The molecule has 0 saturated carbocycles. The van der Waals surface area contributed by atoms with E-state index in [9.17, 15) is 0 Å². The molecular formula is C38H22N4. The molecular weight excluding hydrogens is 512 g/mol. The van der Waals surface area contributed by atoms with E-state index >= 15 is 0 Å². The maximum Gasteiger partial charge on any atom is 0.210 e. The molecule has 4 nitrogen and oxygen atoms in total. The zero-order valence-electron chi connectivity index (χ0n) is 22.5. The highest BCUT2D eigenvalue weighted by Gasteiger charge is 2.19. The van der Waals surface area contributed by atoms with Crippen molar-refractivity contribution in [2.24, 2.45) is 0 Å². The van der Waals surface area contributed by atoms with Gasteiger partial charge in [0.25, 0.3) is 0 Å². The fourth-order valence-electron chi connectivity index (χ4n) is 6.34. The van der Waals surface area contributed by atoms with Crippen molar-refractivity contribution in [3.05, 3.63) is 156 Å². The lowest BCUT2D eigenvalue weighted by atomic mass is 10.00. The number of para-hydroxylation sites is 5. The molecule has 4 heteroatoms. The first-order chi connectivity index (χ1) is 20.8. The van der Waals surface area contributed by atoms with Crippen molar-refractivity contribution in [3.8, 4) is 22.5 Å². The van der Waals surface area contributed by atoms with Gasteiger partial charge in [0.2, 0.25) is 5.69 Å². The Hall–Kier alpha value is -6.10. The van der Waals surface area contributed by atoms with Crippen LogP contribution in [0.1, 0.15) is 0 Å². The van der Waals surface area contributed by atoms with Crippen LogP contribution in [0, 0.1) is 13.1 Å². The molecule has 6 aromatic carbocycles. The second-order valence-corrected chi connectivity index (χ2v) is 10.4. The van der Waals surface area contributed by atoms with Crippen molar-refractivity contribution in [2.75, 3.05) is 0 Å². The summed E-state index contributed by atoms with van der Waals surface area (Å²) in [7, 11) is 0. The molecule has 2 aromatic heterocycles. The molecule has 0 bridgehead atoms. The summed E-state index contributed by atoms with van der Waals surface area (Å²) >= 11 is 0. The number of hydrogen-bond donors (Lipinski definition) is 0. The Balaban J connectivity index is 1.47. The smallest absolute Gasteiger partial charge is 0.210 e. The Morgan fingerprint density at radius 3 is 1.88 bits per heavy atom. The first-order valence-corrected chi connectivity index (χ1v) is 13.8. The third-order valence-electron chi connectivity index (χ3n) is 8.16. The van der Waals surface area contributed by atoms with Gasteiger partial charge in [-0.15, -0.1) is 0 Å². The number of aromatic nitrogens is 2. The standard InChI is InChI=1S/C38H22N4/c1-39-26-19-21-27(22-20-26)41-34-15-6-4-11-30(34)32-13-9-12-28(38(32)41)25-18-23-31-29-10-3-7-16-35(29)42(37(31)24-25)36-17-8-5-14-33(36)40-2/h3-24H. The monoisotopic (exact) mass is 534 g/mol. The van der Waals surface area contributed by atoms with Crippen LogP contribution in [-0.2, 0) is 0 Å². The number of nitrogens with zero attached hydrogens (tertiary/aromatic N) is 4. The molecule has 0 atom stereocenters. The molecule has 0 saturated heterocycles. The van der Waals surface area contributed by atoms with Crippen LogP contribution in [0.15, 0.2) is 133 Å². The largest absolute Gasteiger partial charge is 0.319 e. The molecule has 0 unspecified atom stereocenters. The van der Waals surface area contributed by atoms with Crippen molar-refractivity contribution >= 4 is 55.0 Å². The van der Waals surface area contributed by atoms with Gasteiger partial charge in [-0.2, -0.15) is 0 Å². The molecule has 8 rings (SSSR count). The Labute approximate surface area is 242 Å². The van der Waals surface area contributed by atoms with E-state index in [2.05, 4.69) is 104 Å². The van der Waals surface area contributed by atoms with Crippen molar-refractivity contribution < 1.29 is 0 Å². The highest BCUT2D eigenvalue weighted by Crippen LogP contribution is 2.41. The highest BCUT2D eigenvalue weighted by atomic mass is 15.0. The minimum Gasteiger partial charge on any atom is -0.319 e. The average molecular weight is 535 g/mol. The maximum atomic E-state index is 7.85. The second kappa shape index (κ2) is 9.24. The lowest BCUT2D eigenvalue weighted by molar-refractivity contribution is 1.18. The predicted molar refractivity (Wildman–Crippen MR) is 173 cm³/mol. The second-order valence-electron chi connectivity index (χ2n) is 10.4. The van der Waals surface area contributed by atoms with Crippen LogP contribution in [0.4, 0.5) is 11.4 Å². The quantitative estimate of drug-likeness (QED) is 0.201. The summed E-state index contributed by atoms with van der Waals surface area (Å²) in [5, 5.41) is 4.67. The van der Waals surface area contributed by atoms with Crippen LogP contribution in [-0.4, -0.2) is 9.13 Å². The topological polar surface area (TPSA) is 18.6 Å². The van der Waals surface area contributed by atoms with Gasteiger partial charge in [-0.1, -0.05) is 97.1 Å². The van der Waals surface area contributed by atoms with Gasteiger partial charge in [-0.3, -0.25) is 0 Å². The van der Waals surface area contributed by atoms with E-state index in [1.165, 1.54) is 10.8 Å². The Morgan fingerprint density at radius 1 is 0.476 bits per heavy atom. The van der Waals surface area contributed by atoms with Gasteiger partial charge >= 0.3 is 0 Å². The Kier molecular flexibility index (Phi) is 5.22. The van der Waals surface area contributed by atoms with E-state index < -0.39 is 0 Å². The van der Waals surface area contributed by atoms with E-state index in [-0.39, 0.29) is 0 Å². The fraction of sp³-hybridized carbons (Fsp3) is 0. The van der Waals surface area contributed by atoms with Crippen LogP contribution in [0.5, 0.6) is 0 Å². The number of hydrogen-bond acceptors (Lipinski definition) is 0. The van der Waals surface area contributed by atoms with Crippen LogP contribution in [0.3, 0.4) is 0 Å². The van der Waals surface area contributed by atoms with Gasteiger partial charge in [0, 0.05) is 32.8 Å². The summed E-state index contributed by atoms with van der Waals surface area (Å²) in [5.74, 6) is 0. The lowest BCUT2D eigenvalue weighted by Crippen LogP contribution is -1.96. The van der Waals surface area contributed by atoms with Gasteiger partial charge in [0.05, 0.1) is 40.9 Å². The molecule has 0 aliphatic heterocycles. The van der Waals surface area contributed by atoms with Gasteiger partial charge in [0.1, 0.15) is 0 Å². The zero-order valence-corrected chi connectivity index (χ0v) is 22.5. The third kappa shape index (κ3) is 3.40. The molecule has 8 aromatic rings. The van der Waals surface area contributed by atoms with E-state index in [1.807, 2.05) is 48.5 Å². The molecule has 0 fully saturated rings. The summed E-state index contributed by atoms with van der Waals surface area (Å²) in [6.07, 6.45) is 0. The molecule has 0 aliphatic carbocycles. The molecule has 194 valence electrons. The van der Waals surface area contributed by atoms with E-state index in [0.29, 0.717) is 11.4 Å². The van der Waals surface area contributed by atoms with Crippen LogP contribution < -0.4 is 0 Å². The summed E-state index contributed by atoms with van der Waals surface area (Å²) in [5.41, 5.74) is 9.74. The molecule has 0 radical (unpaired) electrons. The SMILES string of the molecule is [C-]#[N+]c1ccc(-n2c3ccccc3c3cccc(-c4ccc5c6ccccc6n(-c6ccccc6[N+]#[C-])c5c4)c32)cc1. The summed E-state index contributed by atoms with van der Waals surface area (Å²) in [6, 6.07) is 45.7. The molecule has 0 spiro atoms. The molecule has 42 heavy (non-hydrogen) atoms.